The Balaban J connectivity index is 1.70. The predicted octanol–water partition coefficient (Wildman–Crippen LogP) is 5.11. The van der Waals surface area contributed by atoms with Crippen LogP contribution in [0.3, 0.4) is 0 Å². The zero-order chi connectivity index (χ0) is 22.9. The molecule has 0 saturated heterocycles. The van der Waals surface area contributed by atoms with Gasteiger partial charge in [-0.15, -0.1) is 0 Å². The molecule has 7 nitrogen and oxygen atoms in total. The number of methoxy groups -OCH3 is 1. The normalized spacial score (nSPS) is 18.7. The van der Waals surface area contributed by atoms with Gasteiger partial charge in [-0.05, 0) is 36.8 Å². The Labute approximate surface area is 187 Å². The Morgan fingerprint density at radius 3 is 2.78 bits per heavy atom. The van der Waals surface area contributed by atoms with Crippen molar-refractivity contribution < 1.29 is 24.0 Å². The maximum atomic E-state index is 13.0. The van der Waals surface area contributed by atoms with E-state index in [0.29, 0.717) is 72.7 Å². The molecule has 0 fully saturated rings. The molecule has 0 amide bonds. The SMILES string of the molecule is COc1cccc(N=C(CCc2noc3c2C(=O)CCC3)C2=C(O)CC(C)(C)CC2=O)c1. The summed E-state index contributed by atoms with van der Waals surface area (Å²) < 4.78 is 10.7. The van der Waals surface area contributed by atoms with Gasteiger partial charge in [0.2, 0.25) is 0 Å². The molecular weight excluding hydrogens is 408 g/mol. The summed E-state index contributed by atoms with van der Waals surface area (Å²) in [5.41, 5.74) is 2.24. The molecule has 0 saturated carbocycles. The van der Waals surface area contributed by atoms with Crippen LogP contribution in [0.25, 0.3) is 0 Å². The van der Waals surface area contributed by atoms with Crippen LogP contribution < -0.4 is 4.74 Å². The van der Waals surface area contributed by atoms with Crippen LogP contribution in [0.1, 0.15) is 67.8 Å². The number of rotatable bonds is 6. The van der Waals surface area contributed by atoms with E-state index < -0.39 is 0 Å². The van der Waals surface area contributed by atoms with E-state index in [1.54, 1.807) is 13.2 Å². The molecule has 2 aliphatic carbocycles. The summed E-state index contributed by atoms with van der Waals surface area (Å²) in [5, 5.41) is 14.9. The van der Waals surface area contributed by atoms with Gasteiger partial charge < -0.3 is 14.4 Å². The summed E-state index contributed by atoms with van der Waals surface area (Å²) in [6.45, 7) is 3.92. The van der Waals surface area contributed by atoms with Gasteiger partial charge in [-0.2, -0.15) is 0 Å². The van der Waals surface area contributed by atoms with E-state index in [-0.39, 0.29) is 28.3 Å². The molecule has 0 bridgehead atoms. The van der Waals surface area contributed by atoms with Crippen LogP contribution in [-0.4, -0.2) is 34.7 Å². The Bertz CT molecular complexity index is 1120. The highest BCUT2D eigenvalue weighted by molar-refractivity contribution is 6.23. The number of carbonyl (C=O) groups is 2. The number of allylic oxidation sites excluding steroid dienone is 2. The summed E-state index contributed by atoms with van der Waals surface area (Å²) >= 11 is 0. The van der Waals surface area contributed by atoms with Crippen molar-refractivity contribution in [1.82, 2.24) is 5.16 Å². The molecule has 2 aliphatic rings. The molecule has 0 aliphatic heterocycles. The molecule has 2 aromatic rings. The van der Waals surface area contributed by atoms with Crippen molar-refractivity contribution in [2.24, 2.45) is 10.4 Å². The zero-order valence-corrected chi connectivity index (χ0v) is 18.7. The van der Waals surface area contributed by atoms with E-state index in [9.17, 15) is 14.7 Å². The van der Waals surface area contributed by atoms with Gasteiger partial charge >= 0.3 is 0 Å². The van der Waals surface area contributed by atoms with Crippen molar-refractivity contribution in [2.45, 2.75) is 58.8 Å². The van der Waals surface area contributed by atoms with E-state index in [1.807, 2.05) is 32.0 Å². The molecule has 1 heterocycles. The number of ether oxygens (including phenoxy) is 1. The molecule has 32 heavy (non-hydrogen) atoms. The zero-order valence-electron chi connectivity index (χ0n) is 18.7. The van der Waals surface area contributed by atoms with Crippen LogP contribution in [0, 0.1) is 5.41 Å². The lowest BCUT2D eigenvalue weighted by atomic mass is 9.75. The average Bonchev–Trinajstić information content (AvgIpc) is 3.15. The third kappa shape index (κ3) is 4.52. The number of carbonyl (C=O) groups excluding carboxylic acids is 2. The molecule has 1 aromatic heterocycles. The highest BCUT2D eigenvalue weighted by atomic mass is 16.5. The van der Waals surface area contributed by atoms with Crippen molar-refractivity contribution in [1.29, 1.82) is 0 Å². The minimum Gasteiger partial charge on any atom is -0.511 e. The number of aliphatic imine (C=N–C) groups is 1. The Kier molecular flexibility index (Phi) is 6.00. The number of hydrogen-bond acceptors (Lipinski definition) is 7. The smallest absolute Gasteiger partial charge is 0.168 e. The Morgan fingerprint density at radius 1 is 1.22 bits per heavy atom. The number of fused-ring (bicyclic) bond motifs is 1. The molecule has 0 unspecified atom stereocenters. The third-order valence-electron chi connectivity index (χ3n) is 5.98. The van der Waals surface area contributed by atoms with E-state index >= 15 is 0 Å². The standard InChI is InChI=1S/C25H28N2O5/c1-25(2)13-20(29)23(21(30)14-25)17(26-15-6-4-7-16(12-15)31-3)10-11-18-24-19(28)8-5-9-22(24)32-27-18/h4,6-7,12,29H,5,8-11,13-14H2,1-3H3. The first-order chi connectivity index (χ1) is 15.3. The molecule has 168 valence electrons. The second kappa shape index (κ2) is 8.73. The summed E-state index contributed by atoms with van der Waals surface area (Å²) in [6, 6.07) is 7.23. The Morgan fingerprint density at radius 2 is 2.03 bits per heavy atom. The van der Waals surface area contributed by atoms with Crippen LogP contribution in [0.15, 0.2) is 45.1 Å². The first-order valence-corrected chi connectivity index (χ1v) is 11.0. The van der Waals surface area contributed by atoms with Crippen LogP contribution >= 0.6 is 0 Å². The van der Waals surface area contributed by atoms with Crippen LogP contribution in [0.4, 0.5) is 5.69 Å². The fourth-order valence-electron chi connectivity index (χ4n) is 4.48. The first-order valence-electron chi connectivity index (χ1n) is 11.0. The number of benzene rings is 1. The number of hydrogen-bond donors (Lipinski definition) is 1. The van der Waals surface area contributed by atoms with E-state index in [2.05, 4.69) is 5.16 Å². The van der Waals surface area contributed by atoms with E-state index in [0.717, 1.165) is 6.42 Å². The summed E-state index contributed by atoms with van der Waals surface area (Å²) in [7, 11) is 1.58. The van der Waals surface area contributed by atoms with Crippen molar-refractivity contribution in [3.63, 3.8) is 0 Å². The number of aryl methyl sites for hydroxylation is 2. The number of aliphatic hydroxyl groups excluding tert-OH is 1. The lowest BCUT2D eigenvalue weighted by Gasteiger charge is -2.30. The molecule has 0 radical (unpaired) electrons. The largest absolute Gasteiger partial charge is 0.511 e. The lowest BCUT2D eigenvalue weighted by molar-refractivity contribution is -0.117. The van der Waals surface area contributed by atoms with Gasteiger partial charge in [-0.25, -0.2) is 0 Å². The predicted molar refractivity (Wildman–Crippen MR) is 120 cm³/mol. The molecule has 4 rings (SSSR count). The van der Waals surface area contributed by atoms with Crippen molar-refractivity contribution in [2.75, 3.05) is 7.11 Å². The quantitative estimate of drug-likeness (QED) is 0.632. The highest BCUT2D eigenvalue weighted by Crippen LogP contribution is 2.37. The first kappa shape index (κ1) is 22.0. The number of ketones is 2. The second-order valence-electron chi connectivity index (χ2n) is 9.23. The fourth-order valence-corrected chi connectivity index (χ4v) is 4.48. The molecule has 0 atom stereocenters. The van der Waals surface area contributed by atoms with Gasteiger partial charge in [-0.1, -0.05) is 25.1 Å². The molecule has 1 aromatic carbocycles. The lowest BCUT2D eigenvalue weighted by Crippen LogP contribution is -2.29. The van der Waals surface area contributed by atoms with Crippen molar-refractivity contribution in [3.8, 4) is 5.75 Å². The number of Topliss-reactive ketones (excluding diaryl/α,β-unsaturated/α-hetero) is 2. The van der Waals surface area contributed by atoms with Gasteiger partial charge in [0.1, 0.15) is 17.3 Å². The van der Waals surface area contributed by atoms with E-state index in [1.165, 1.54) is 0 Å². The summed E-state index contributed by atoms with van der Waals surface area (Å²) in [6.07, 6.45) is 3.44. The summed E-state index contributed by atoms with van der Waals surface area (Å²) in [5.74, 6) is 1.27. The van der Waals surface area contributed by atoms with Crippen LogP contribution in [0.5, 0.6) is 5.75 Å². The second-order valence-corrected chi connectivity index (χ2v) is 9.23. The topological polar surface area (TPSA) is 102 Å². The van der Waals surface area contributed by atoms with E-state index in [4.69, 9.17) is 14.3 Å². The highest BCUT2D eigenvalue weighted by Gasteiger charge is 2.35. The minimum absolute atomic E-state index is 0.0475. The minimum atomic E-state index is -0.302. The number of aromatic nitrogens is 1. The van der Waals surface area contributed by atoms with Gasteiger partial charge in [0.15, 0.2) is 11.6 Å². The molecule has 1 N–H and O–H groups in total. The summed E-state index contributed by atoms with van der Waals surface area (Å²) in [4.78, 5) is 30.1. The van der Waals surface area contributed by atoms with Gasteiger partial charge in [0.25, 0.3) is 0 Å². The fraction of sp³-hybridized carbons (Fsp3) is 0.440. The maximum Gasteiger partial charge on any atom is 0.168 e. The molecular formula is C25H28N2O5. The van der Waals surface area contributed by atoms with Crippen molar-refractivity contribution in [3.05, 3.63) is 52.6 Å². The Hall–Kier alpha value is -3.22. The van der Waals surface area contributed by atoms with Crippen molar-refractivity contribution >= 4 is 23.0 Å². The van der Waals surface area contributed by atoms with Gasteiger partial charge in [0.05, 0.1) is 35.3 Å². The molecule has 7 heteroatoms. The van der Waals surface area contributed by atoms with Gasteiger partial charge in [-0.3, -0.25) is 14.6 Å². The number of nitrogens with zero attached hydrogens (tertiary/aromatic N) is 2. The molecule has 0 spiro atoms. The number of aliphatic hydroxyl groups is 1. The van der Waals surface area contributed by atoms with Crippen LogP contribution in [-0.2, 0) is 17.6 Å². The monoisotopic (exact) mass is 436 g/mol. The maximum absolute atomic E-state index is 13.0. The van der Waals surface area contributed by atoms with Gasteiger partial charge in [0, 0.05) is 31.7 Å². The van der Waals surface area contributed by atoms with Crippen LogP contribution in [0.2, 0.25) is 0 Å². The third-order valence-corrected chi connectivity index (χ3v) is 5.98. The average molecular weight is 437 g/mol.